The Labute approximate surface area is 93.9 Å². The van der Waals surface area contributed by atoms with Crippen LogP contribution in [0, 0.1) is 0 Å². The third-order valence-electron chi connectivity index (χ3n) is 3.30. The Morgan fingerprint density at radius 2 is 2.20 bits per heavy atom. The number of hydrogen-bond donors (Lipinski definition) is 2. The SMILES string of the molecule is CCN1CCC[C@@H]1CNCCCCCO. The van der Waals surface area contributed by atoms with Gasteiger partial charge in [-0.1, -0.05) is 6.92 Å². The van der Waals surface area contributed by atoms with Gasteiger partial charge in [-0.2, -0.15) is 0 Å². The van der Waals surface area contributed by atoms with E-state index < -0.39 is 0 Å². The number of hydrogen-bond acceptors (Lipinski definition) is 3. The van der Waals surface area contributed by atoms with Crippen molar-refractivity contribution in [2.24, 2.45) is 0 Å². The van der Waals surface area contributed by atoms with Gasteiger partial charge in [-0.3, -0.25) is 4.90 Å². The molecule has 1 aliphatic heterocycles. The number of nitrogens with zero attached hydrogens (tertiary/aromatic N) is 1. The van der Waals surface area contributed by atoms with Gasteiger partial charge in [0.15, 0.2) is 0 Å². The minimum Gasteiger partial charge on any atom is -0.396 e. The average molecular weight is 214 g/mol. The van der Waals surface area contributed by atoms with Crippen molar-refractivity contribution in [3.05, 3.63) is 0 Å². The van der Waals surface area contributed by atoms with Crippen molar-refractivity contribution in [3.63, 3.8) is 0 Å². The first-order chi connectivity index (χ1) is 7.38. The van der Waals surface area contributed by atoms with Gasteiger partial charge in [0.2, 0.25) is 0 Å². The second-order valence-electron chi connectivity index (χ2n) is 4.41. The van der Waals surface area contributed by atoms with E-state index in [9.17, 15) is 0 Å². The quantitative estimate of drug-likeness (QED) is 0.596. The molecule has 3 heteroatoms. The number of unbranched alkanes of at least 4 members (excludes halogenated alkanes) is 2. The molecule has 0 aromatic heterocycles. The molecule has 1 aliphatic rings. The van der Waals surface area contributed by atoms with Crippen LogP contribution in [-0.4, -0.2) is 48.8 Å². The van der Waals surface area contributed by atoms with Crippen molar-refractivity contribution in [3.8, 4) is 0 Å². The van der Waals surface area contributed by atoms with Crippen LogP contribution < -0.4 is 5.32 Å². The fourth-order valence-electron chi connectivity index (χ4n) is 2.35. The lowest BCUT2D eigenvalue weighted by Crippen LogP contribution is -2.38. The van der Waals surface area contributed by atoms with Crippen LogP contribution in [0.4, 0.5) is 0 Å². The Kier molecular flexibility index (Phi) is 6.98. The summed E-state index contributed by atoms with van der Waals surface area (Å²) in [6.45, 7) is 7.32. The third-order valence-corrected chi connectivity index (χ3v) is 3.30. The van der Waals surface area contributed by atoms with E-state index in [1.54, 1.807) is 0 Å². The van der Waals surface area contributed by atoms with Crippen LogP contribution in [0.1, 0.15) is 39.0 Å². The molecule has 0 aromatic rings. The minimum absolute atomic E-state index is 0.340. The predicted octanol–water partition coefficient (Wildman–Crippen LogP) is 1.22. The highest BCUT2D eigenvalue weighted by atomic mass is 16.2. The molecule has 90 valence electrons. The monoisotopic (exact) mass is 214 g/mol. The van der Waals surface area contributed by atoms with E-state index in [2.05, 4.69) is 17.1 Å². The van der Waals surface area contributed by atoms with Crippen molar-refractivity contribution < 1.29 is 5.11 Å². The molecule has 0 spiro atoms. The second kappa shape index (κ2) is 8.08. The molecular weight excluding hydrogens is 188 g/mol. The molecule has 2 N–H and O–H groups in total. The highest BCUT2D eigenvalue weighted by Crippen LogP contribution is 2.15. The van der Waals surface area contributed by atoms with Crippen molar-refractivity contribution >= 4 is 0 Å². The summed E-state index contributed by atoms with van der Waals surface area (Å²) in [6, 6.07) is 0.771. The van der Waals surface area contributed by atoms with Crippen molar-refractivity contribution in [1.82, 2.24) is 10.2 Å². The molecule has 15 heavy (non-hydrogen) atoms. The van der Waals surface area contributed by atoms with Crippen molar-refractivity contribution in [2.45, 2.75) is 45.1 Å². The van der Waals surface area contributed by atoms with E-state index in [0.717, 1.165) is 32.0 Å². The number of nitrogens with one attached hydrogen (secondary N) is 1. The Bertz CT molecular complexity index is 153. The summed E-state index contributed by atoms with van der Waals surface area (Å²) in [7, 11) is 0. The standard InChI is InChI=1S/C12H26N2O/c1-2-14-9-6-7-12(14)11-13-8-4-3-5-10-15/h12-13,15H,2-11H2,1H3/t12-/m1/s1. The van der Waals surface area contributed by atoms with Gasteiger partial charge in [-0.05, 0) is 51.7 Å². The summed E-state index contributed by atoms with van der Waals surface area (Å²) in [5.74, 6) is 0. The second-order valence-corrected chi connectivity index (χ2v) is 4.41. The first-order valence-corrected chi connectivity index (χ1v) is 6.44. The van der Waals surface area contributed by atoms with Gasteiger partial charge in [0.1, 0.15) is 0 Å². The van der Waals surface area contributed by atoms with Gasteiger partial charge in [0.25, 0.3) is 0 Å². The Morgan fingerprint density at radius 1 is 1.33 bits per heavy atom. The molecule has 1 rings (SSSR count). The summed E-state index contributed by atoms with van der Waals surface area (Å²) < 4.78 is 0. The van der Waals surface area contributed by atoms with E-state index in [1.807, 2.05) is 0 Å². The maximum atomic E-state index is 8.63. The summed E-state index contributed by atoms with van der Waals surface area (Å²) >= 11 is 0. The molecule has 1 fully saturated rings. The van der Waals surface area contributed by atoms with E-state index in [4.69, 9.17) is 5.11 Å². The van der Waals surface area contributed by atoms with Crippen LogP contribution >= 0.6 is 0 Å². The van der Waals surface area contributed by atoms with Gasteiger partial charge in [-0.15, -0.1) is 0 Å². The maximum absolute atomic E-state index is 8.63. The summed E-state index contributed by atoms with van der Waals surface area (Å²) in [4.78, 5) is 2.57. The predicted molar refractivity (Wildman–Crippen MR) is 64.1 cm³/mol. The van der Waals surface area contributed by atoms with Crippen molar-refractivity contribution in [1.29, 1.82) is 0 Å². The van der Waals surface area contributed by atoms with Crippen LogP contribution in [0.15, 0.2) is 0 Å². The first kappa shape index (κ1) is 12.9. The lowest BCUT2D eigenvalue weighted by Gasteiger charge is -2.22. The Hall–Kier alpha value is -0.120. The highest BCUT2D eigenvalue weighted by Gasteiger charge is 2.21. The molecule has 0 aliphatic carbocycles. The minimum atomic E-state index is 0.340. The fourth-order valence-corrected chi connectivity index (χ4v) is 2.35. The van der Waals surface area contributed by atoms with Crippen LogP contribution in [-0.2, 0) is 0 Å². The zero-order valence-electron chi connectivity index (χ0n) is 10.0. The van der Waals surface area contributed by atoms with Crippen molar-refractivity contribution in [2.75, 3.05) is 32.8 Å². The molecular formula is C12H26N2O. The Morgan fingerprint density at radius 3 is 2.93 bits per heavy atom. The lowest BCUT2D eigenvalue weighted by atomic mass is 10.2. The normalized spacial score (nSPS) is 22.4. The van der Waals surface area contributed by atoms with E-state index in [1.165, 1.54) is 32.4 Å². The number of aliphatic hydroxyl groups is 1. The number of likely N-dealkylation sites (N-methyl/N-ethyl adjacent to an activating group) is 1. The van der Waals surface area contributed by atoms with E-state index >= 15 is 0 Å². The van der Waals surface area contributed by atoms with Gasteiger partial charge < -0.3 is 10.4 Å². The molecule has 0 radical (unpaired) electrons. The maximum Gasteiger partial charge on any atom is 0.0431 e. The third kappa shape index (κ3) is 4.96. The van der Waals surface area contributed by atoms with Crippen LogP contribution in [0.3, 0.4) is 0 Å². The topological polar surface area (TPSA) is 35.5 Å². The summed E-state index contributed by atoms with van der Waals surface area (Å²) in [6.07, 6.45) is 6.01. The molecule has 0 unspecified atom stereocenters. The molecule has 0 aromatic carbocycles. The smallest absolute Gasteiger partial charge is 0.0431 e. The average Bonchev–Trinajstić information content (AvgIpc) is 2.70. The lowest BCUT2D eigenvalue weighted by molar-refractivity contribution is 0.258. The van der Waals surface area contributed by atoms with E-state index in [-0.39, 0.29) is 0 Å². The molecule has 3 nitrogen and oxygen atoms in total. The zero-order chi connectivity index (χ0) is 10.9. The highest BCUT2D eigenvalue weighted by molar-refractivity contribution is 4.79. The number of aliphatic hydroxyl groups excluding tert-OH is 1. The summed E-state index contributed by atoms with van der Waals surface area (Å²) in [5.41, 5.74) is 0. The van der Waals surface area contributed by atoms with Crippen LogP contribution in [0.5, 0.6) is 0 Å². The fraction of sp³-hybridized carbons (Fsp3) is 1.00. The first-order valence-electron chi connectivity index (χ1n) is 6.44. The van der Waals surface area contributed by atoms with Crippen LogP contribution in [0.25, 0.3) is 0 Å². The number of rotatable bonds is 8. The van der Waals surface area contributed by atoms with Gasteiger partial charge in [0.05, 0.1) is 0 Å². The molecule has 1 atom stereocenters. The largest absolute Gasteiger partial charge is 0.396 e. The molecule has 0 amide bonds. The number of likely N-dealkylation sites (tertiary alicyclic amines) is 1. The van der Waals surface area contributed by atoms with Gasteiger partial charge >= 0.3 is 0 Å². The van der Waals surface area contributed by atoms with Crippen LogP contribution in [0.2, 0.25) is 0 Å². The van der Waals surface area contributed by atoms with E-state index in [0.29, 0.717) is 6.61 Å². The molecule has 0 saturated carbocycles. The molecule has 1 saturated heterocycles. The molecule has 0 bridgehead atoms. The van der Waals surface area contributed by atoms with Gasteiger partial charge in [0, 0.05) is 19.2 Å². The van der Waals surface area contributed by atoms with Gasteiger partial charge in [-0.25, -0.2) is 0 Å². The molecule has 1 heterocycles. The zero-order valence-corrected chi connectivity index (χ0v) is 10.0. The Balaban J connectivity index is 1.95. The summed E-state index contributed by atoms with van der Waals surface area (Å²) in [5, 5.41) is 12.2.